The molecule has 3 aliphatic rings. The van der Waals surface area contributed by atoms with E-state index in [2.05, 4.69) is 35.4 Å². The number of anilines is 1. The number of benzene rings is 1. The Bertz CT molecular complexity index is 1140. The molecule has 1 fully saturated rings. The lowest BCUT2D eigenvalue weighted by Crippen LogP contribution is -2.40. The summed E-state index contributed by atoms with van der Waals surface area (Å²) in [4.78, 5) is 27.1. The molecule has 1 aromatic carbocycles. The van der Waals surface area contributed by atoms with Crippen molar-refractivity contribution in [3.05, 3.63) is 65.2 Å². The zero-order valence-electron chi connectivity index (χ0n) is 18.9. The molecule has 0 spiro atoms. The van der Waals surface area contributed by atoms with Crippen LogP contribution in [0.25, 0.3) is 5.57 Å². The van der Waals surface area contributed by atoms with Gasteiger partial charge in [0, 0.05) is 24.7 Å². The minimum absolute atomic E-state index is 0.0579. The van der Waals surface area contributed by atoms with Gasteiger partial charge in [0.15, 0.2) is 0 Å². The van der Waals surface area contributed by atoms with E-state index in [1.165, 1.54) is 22.9 Å². The van der Waals surface area contributed by atoms with Gasteiger partial charge < -0.3 is 11.1 Å². The van der Waals surface area contributed by atoms with Crippen molar-refractivity contribution in [2.24, 2.45) is 23.0 Å². The second kappa shape index (κ2) is 8.40. The minimum Gasteiger partial charge on any atom is -0.370 e. The molecule has 4 atom stereocenters. The minimum atomic E-state index is -0.468. The second-order valence-electron chi connectivity index (χ2n) is 10.0. The Morgan fingerprint density at radius 1 is 1.21 bits per heavy atom. The van der Waals surface area contributed by atoms with Crippen molar-refractivity contribution < 1.29 is 14.0 Å². The predicted molar refractivity (Wildman–Crippen MR) is 126 cm³/mol. The van der Waals surface area contributed by atoms with Gasteiger partial charge in [0.2, 0.25) is 11.8 Å². The molecule has 5 nitrogen and oxygen atoms in total. The number of fused-ring (bicyclic) bond motifs is 5. The topological polar surface area (TPSA) is 85.1 Å². The maximum atomic E-state index is 13.9. The van der Waals surface area contributed by atoms with E-state index in [4.69, 9.17) is 5.73 Å². The molecule has 0 radical (unpaired) electrons. The number of nitrogens with two attached hydrogens (primary N) is 1. The number of aryl methyl sites for hydroxylation is 1. The summed E-state index contributed by atoms with van der Waals surface area (Å²) in [6.07, 6.45) is 10.9. The lowest BCUT2D eigenvalue weighted by molar-refractivity contribution is -0.122. The summed E-state index contributed by atoms with van der Waals surface area (Å²) in [5.74, 6) is 0.734. The number of nitrogens with zero attached hydrogens (tertiary/aromatic N) is 1. The van der Waals surface area contributed by atoms with Gasteiger partial charge in [-0.15, -0.1) is 0 Å². The average Bonchev–Trinajstić information content (AvgIpc) is 3.14. The van der Waals surface area contributed by atoms with E-state index in [0.717, 1.165) is 43.4 Å². The molecule has 33 heavy (non-hydrogen) atoms. The first-order valence-electron chi connectivity index (χ1n) is 11.9. The van der Waals surface area contributed by atoms with Gasteiger partial charge in [-0.2, -0.15) is 0 Å². The van der Waals surface area contributed by atoms with Gasteiger partial charge in [-0.1, -0.05) is 19.1 Å². The normalized spacial score (nSPS) is 27.7. The highest BCUT2D eigenvalue weighted by atomic mass is 19.1. The Labute approximate surface area is 193 Å². The van der Waals surface area contributed by atoms with Gasteiger partial charge in [0.05, 0.1) is 6.20 Å². The van der Waals surface area contributed by atoms with Gasteiger partial charge in [-0.3, -0.25) is 14.6 Å². The fraction of sp³-hybridized carbons (Fsp3) is 0.444. The van der Waals surface area contributed by atoms with E-state index in [0.29, 0.717) is 17.8 Å². The number of carbonyl (C=O) groups excluding carboxylic acids is 2. The van der Waals surface area contributed by atoms with Crippen molar-refractivity contribution in [3.8, 4) is 0 Å². The third kappa shape index (κ3) is 3.96. The van der Waals surface area contributed by atoms with E-state index in [-0.39, 0.29) is 30.0 Å². The standard InChI is InChI=1S/C27H30FN3O2/c1-27-11-10-21-20-5-3-19(31-26(33)9-8-25(29)32)13-16(20)2-4-22(21)24(27)7-6-23(27)17-12-18(28)15-30-14-17/h3,5-6,12-15,21-22,24H,2,4,7-11H2,1H3,(H2,29,32)(H,31,33)/t21?,22?,24?,27-/m1/s1. The molecule has 0 aliphatic heterocycles. The van der Waals surface area contributed by atoms with E-state index < -0.39 is 5.91 Å². The lowest BCUT2D eigenvalue weighted by atomic mass is 9.54. The Hall–Kier alpha value is -3.02. The number of allylic oxidation sites excluding steroid dienone is 2. The summed E-state index contributed by atoms with van der Waals surface area (Å²) in [6.45, 7) is 2.36. The van der Waals surface area contributed by atoms with Crippen LogP contribution in [-0.2, 0) is 16.0 Å². The van der Waals surface area contributed by atoms with E-state index >= 15 is 0 Å². The van der Waals surface area contributed by atoms with Gasteiger partial charge >= 0.3 is 0 Å². The maximum absolute atomic E-state index is 13.9. The Morgan fingerprint density at radius 3 is 2.85 bits per heavy atom. The van der Waals surface area contributed by atoms with Crippen LogP contribution in [0.1, 0.15) is 68.1 Å². The molecule has 2 amide bonds. The lowest BCUT2D eigenvalue weighted by Gasteiger charge is -2.50. The highest BCUT2D eigenvalue weighted by Gasteiger charge is 2.51. The zero-order valence-corrected chi connectivity index (χ0v) is 18.9. The molecular weight excluding hydrogens is 417 g/mol. The molecule has 5 rings (SSSR count). The first-order valence-corrected chi connectivity index (χ1v) is 11.9. The highest BCUT2D eigenvalue weighted by molar-refractivity contribution is 5.93. The summed E-state index contributed by atoms with van der Waals surface area (Å²) in [5, 5.41) is 2.90. The van der Waals surface area contributed by atoms with E-state index in [9.17, 15) is 14.0 Å². The number of nitrogens with one attached hydrogen (secondary N) is 1. The van der Waals surface area contributed by atoms with Crippen LogP contribution in [0.4, 0.5) is 10.1 Å². The first kappa shape index (κ1) is 21.8. The number of aromatic nitrogens is 1. The molecule has 1 aromatic heterocycles. The van der Waals surface area contributed by atoms with Crippen LogP contribution >= 0.6 is 0 Å². The van der Waals surface area contributed by atoms with Crippen LogP contribution in [0, 0.1) is 23.1 Å². The van der Waals surface area contributed by atoms with Gasteiger partial charge in [-0.25, -0.2) is 4.39 Å². The molecule has 172 valence electrons. The third-order valence-corrected chi connectivity index (χ3v) is 8.21. The van der Waals surface area contributed by atoms with Crippen LogP contribution < -0.4 is 11.1 Å². The molecule has 3 N–H and O–H groups in total. The monoisotopic (exact) mass is 447 g/mol. The summed E-state index contributed by atoms with van der Waals surface area (Å²) in [7, 11) is 0. The molecule has 2 aromatic rings. The van der Waals surface area contributed by atoms with E-state index in [1.807, 2.05) is 6.07 Å². The van der Waals surface area contributed by atoms with Crippen molar-refractivity contribution in [1.82, 2.24) is 4.98 Å². The summed E-state index contributed by atoms with van der Waals surface area (Å²) in [6, 6.07) is 7.87. The number of hydrogen-bond donors (Lipinski definition) is 2. The molecule has 0 bridgehead atoms. The Morgan fingerprint density at radius 2 is 2.06 bits per heavy atom. The van der Waals surface area contributed by atoms with Crippen molar-refractivity contribution in [2.75, 3.05) is 5.32 Å². The SMILES string of the molecule is C[C@]12CCC3c4ccc(NC(=O)CCC(N)=O)cc4CCC3C1CC=C2c1cncc(F)c1. The van der Waals surface area contributed by atoms with Crippen molar-refractivity contribution in [3.63, 3.8) is 0 Å². The predicted octanol–water partition coefficient (Wildman–Crippen LogP) is 4.97. The average molecular weight is 448 g/mol. The molecular formula is C27H30FN3O2. The molecule has 1 heterocycles. The highest BCUT2D eigenvalue weighted by Crippen LogP contribution is 2.63. The fourth-order valence-corrected chi connectivity index (χ4v) is 6.69. The number of halogens is 1. The summed E-state index contributed by atoms with van der Waals surface area (Å²) < 4.78 is 13.9. The number of primary amides is 1. The largest absolute Gasteiger partial charge is 0.370 e. The number of rotatable bonds is 5. The molecule has 0 saturated heterocycles. The van der Waals surface area contributed by atoms with Crippen LogP contribution in [0.5, 0.6) is 0 Å². The number of hydrogen-bond acceptors (Lipinski definition) is 3. The second-order valence-corrected chi connectivity index (χ2v) is 10.0. The quantitative estimate of drug-likeness (QED) is 0.678. The van der Waals surface area contributed by atoms with Crippen molar-refractivity contribution in [2.45, 2.75) is 57.8 Å². The van der Waals surface area contributed by atoms with Crippen molar-refractivity contribution in [1.29, 1.82) is 0 Å². The molecule has 1 saturated carbocycles. The Kier molecular flexibility index (Phi) is 5.55. The molecule has 3 aliphatic carbocycles. The van der Waals surface area contributed by atoms with Gasteiger partial charge in [-0.05, 0) is 95.7 Å². The van der Waals surface area contributed by atoms with E-state index in [1.54, 1.807) is 12.3 Å². The summed E-state index contributed by atoms with van der Waals surface area (Å²) in [5.41, 5.74) is 10.9. The number of carbonyl (C=O) groups is 2. The zero-order chi connectivity index (χ0) is 23.2. The first-order chi connectivity index (χ1) is 15.8. The molecule has 6 heteroatoms. The van der Waals surface area contributed by atoms with Gasteiger partial charge in [0.1, 0.15) is 5.82 Å². The smallest absolute Gasteiger partial charge is 0.224 e. The number of amides is 2. The summed E-state index contributed by atoms with van der Waals surface area (Å²) >= 11 is 0. The van der Waals surface area contributed by atoms with Crippen LogP contribution in [0.15, 0.2) is 42.7 Å². The third-order valence-electron chi connectivity index (χ3n) is 8.21. The maximum Gasteiger partial charge on any atom is 0.224 e. The van der Waals surface area contributed by atoms with Crippen LogP contribution in [-0.4, -0.2) is 16.8 Å². The Balaban J connectivity index is 1.33. The van der Waals surface area contributed by atoms with Gasteiger partial charge in [0.25, 0.3) is 0 Å². The van der Waals surface area contributed by atoms with Crippen LogP contribution in [0.2, 0.25) is 0 Å². The fourth-order valence-electron chi connectivity index (χ4n) is 6.69. The van der Waals surface area contributed by atoms with Crippen LogP contribution in [0.3, 0.4) is 0 Å². The van der Waals surface area contributed by atoms with Crippen molar-refractivity contribution >= 4 is 23.1 Å². The number of pyridine rings is 1. The molecule has 3 unspecified atom stereocenters.